The van der Waals surface area contributed by atoms with Crippen LogP contribution in [0.4, 0.5) is 4.79 Å². The van der Waals surface area contributed by atoms with Crippen LogP contribution in [0.15, 0.2) is 24.4 Å². The van der Waals surface area contributed by atoms with Crippen molar-refractivity contribution in [3.05, 3.63) is 35.5 Å². The second-order valence-corrected chi connectivity index (χ2v) is 8.92. The molecule has 1 saturated carbocycles. The van der Waals surface area contributed by atoms with Crippen molar-refractivity contribution >= 4 is 28.7 Å². The zero-order valence-corrected chi connectivity index (χ0v) is 17.9. The van der Waals surface area contributed by atoms with Gasteiger partial charge in [0.2, 0.25) is 5.91 Å². The van der Waals surface area contributed by atoms with Gasteiger partial charge in [-0.2, -0.15) is 0 Å². The number of nitrogens with zero attached hydrogens (tertiary/aromatic N) is 1. The number of H-pyrrole nitrogens is 1. The number of aromatic amines is 1. The van der Waals surface area contributed by atoms with Crippen LogP contribution in [0.2, 0.25) is 0 Å². The molecule has 7 heteroatoms. The molecule has 1 aromatic heterocycles. The van der Waals surface area contributed by atoms with E-state index in [1.807, 2.05) is 26.1 Å². The fourth-order valence-electron chi connectivity index (χ4n) is 5.02. The largest absolute Gasteiger partial charge is 0.361 e. The van der Waals surface area contributed by atoms with Gasteiger partial charge in [-0.1, -0.05) is 38.0 Å². The fourth-order valence-corrected chi connectivity index (χ4v) is 5.02. The van der Waals surface area contributed by atoms with Crippen molar-refractivity contribution in [2.45, 2.75) is 64.5 Å². The minimum atomic E-state index is -0.830. The number of carbonyl (C=O) groups excluding carboxylic acids is 3. The van der Waals surface area contributed by atoms with Gasteiger partial charge in [0, 0.05) is 23.1 Å². The van der Waals surface area contributed by atoms with Crippen molar-refractivity contribution in [1.29, 1.82) is 0 Å². The lowest BCUT2D eigenvalue weighted by atomic mass is 9.73. The van der Waals surface area contributed by atoms with Gasteiger partial charge in [-0.25, -0.2) is 4.79 Å². The molecule has 1 aliphatic carbocycles. The third-order valence-corrected chi connectivity index (χ3v) is 6.75. The van der Waals surface area contributed by atoms with Crippen molar-refractivity contribution in [1.82, 2.24) is 20.5 Å². The first-order chi connectivity index (χ1) is 14.3. The number of aromatic nitrogens is 1. The maximum absolute atomic E-state index is 13.0. The molecule has 7 nitrogen and oxygen atoms in total. The van der Waals surface area contributed by atoms with Crippen LogP contribution in [-0.2, 0) is 16.0 Å². The molecule has 30 heavy (non-hydrogen) atoms. The fraction of sp³-hybridized carbons (Fsp3) is 0.522. The summed E-state index contributed by atoms with van der Waals surface area (Å²) in [6.45, 7) is 5.76. The summed E-state index contributed by atoms with van der Waals surface area (Å²) in [6, 6.07) is 5.58. The minimum Gasteiger partial charge on any atom is -0.361 e. The number of carbonyl (C=O) groups is 3. The number of nitrogens with one attached hydrogen (secondary N) is 3. The van der Waals surface area contributed by atoms with Crippen molar-refractivity contribution in [2.75, 3.05) is 6.54 Å². The van der Waals surface area contributed by atoms with E-state index in [1.54, 1.807) is 0 Å². The van der Waals surface area contributed by atoms with E-state index in [4.69, 9.17) is 0 Å². The molecule has 4 amide bonds. The molecular formula is C23H30N4O3. The topological polar surface area (TPSA) is 94.3 Å². The minimum absolute atomic E-state index is 0.0833. The number of benzene rings is 1. The standard InChI is InChI=1S/C23H30N4O3/c1-14-7-6-9-18-17(12-24-20(14)18)11-16(3)25-19(28)13-27-21(29)23(26-22(27)30)10-5-4-8-15(23)2/h6-7,9,12,15-16,24H,4-5,8,10-11,13H2,1-3H3,(H,25,28)(H,26,30)/t15-,16-,23-/m0/s1. The quantitative estimate of drug-likeness (QED) is 0.662. The smallest absolute Gasteiger partial charge is 0.325 e. The highest BCUT2D eigenvalue weighted by molar-refractivity contribution is 6.09. The number of hydrogen-bond acceptors (Lipinski definition) is 3. The lowest BCUT2D eigenvalue weighted by Gasteiger charge is -2.36. The molecule has 4 rings (SSSR count). The van der Waals surface area contributed by atoms with E-state index in [2.05, 4.69) is 34.7 Å². The molecule has 3 atom stereocenters. The Hall–Kier alpha value is -2.83. The number of hydrogen-bond donors (Lipinski definition) is 3. The second kappa shape index (κ2) is 7.78. The van der Waals surface area contributed by atoms with Gasteiger partial charge in [0.15, 0.2) is 0 Å². The Morgan fingerprint density at radius 3 is 2.90 bits per heavy atom. The van der Waals surface area contributed by atoms with Crippen LogP contribution in [0, 0.1) is 12.8 Å². The van der Waals surface area contributed by atoms with E-state index in [0.29, 0.717) is 12.8 Å². The Kier molecular flexibility index (Phi) is 5.30. The summed E-state index contributed by atoms with van der Waals surface area (Å²) >= 11 is 0. The van der Waals surface area contributed by atoms with Gasteiger partial charge in [0.05, 0.1) is 0 Å². The Bertz CT molecular complexity index is 997. The molecular weight excluding hydrogens is 380 g/mol. The third-order valence-electron chi connectivity index (χ3n) is 6.75. The van der Waals surface area contributed by atoms with Crippen LogP contribution in [-0.4, -0.2) is 45.9 Å². The van der Waals surface area contributed by atoms with Crippen LogP contribution in [0.5, 0.6) is 0 Å². The van der Waals surface area contributed by atoms with Crippen molar-refractivity contribution in [2.24, 2.45) is 5.92 Å². The van der Waals surface area contributed by atoms with Crippen LogP contribution < -0.4 is 10.6 Å². The highest BCUT2D eigenvalue weighted by Gasteiger charge is 2.55. The molecule has 160 valence electrons. The molecule has 1 aliphatic heterocycles. The third kappa shape index (κ3) is 3.46. The van der Waals surface area contributed by atoms with Gasteiger partial charge in [0.1, 0.15) is 12.1 Å². The molecule has 0 unspecified atom stereocenters. The summed E-state index contributed by atoms with van der Waals surface area (Å²) in [6.07, 6.45) is 6.18. The summed E-state index contributed by atoms with van der Waals surface area (Å²) < 4.78 is 0. The van der Waals surface area contributed by atoms with Crippen molar-refractivity contribution < 1.29 is 14.4 Å². The number of para-hydroxylation sites is 1. The highest BCUT2D eigenvalue weighted by atomic mass is 16.2. The Balaban J connectivity index is 1.39. The highest BCUT2D eigenvalue weighted by Crippen LogP contribution is 2.38. The van der Waals surface area contributed by atoms with Crippen molar-refractivity contribution in [3.8, 4) is 0 Å². The first-order valence-electron chi connectivity index (χ1n) is 10.8. The number of aryl methyl sites for hydroxylation is 1. The van der Waals surface area contributed by atoms with E-state index in [1.165, 1.54) is 5.56 Å². The molecule has 0 radical (unpaired) electrons. The average Bonchev–Trinajstić information content (AvgIpc) is 3.20. The predicted octanol–water partition coefficient (Wildman–Crippen LogP) is 3.02. The van der Waals surface area contributed by atoms with Gasteiger partial charge >= 0.3 is 6.03 Å². The Morgan fingerprint density at radius 1 is 1.33 bits per heavy atom. The molecule has 2 fully saturated rings. The average molecular weight is 411 g/mol. The van der Waals surface area contributed by atoms with Gasteiger partial charge in [-0.15, -0.1) is 0 Å². The lowest BCUT2D eigenvalue weighted by Crippen LogP contribution is -2.54. The van der Waals surface area contributed by atoms with Gasteiger partial charge < -0.3 is 15.6 Å². The van der Waals surface area contributed by atoms with Crippen LogP contribution in [0.3, 0.4) is 0 Å². The maximum Gasteiger partial charge on any atom is 0.325 e. The zero-order valence-electron chi connectivity index (χ0n) is 17.9. The van der Waals surface area contributed by atoms with Crippen LogP contribution in [0.25, 0.3) is 10.9 Å². The van der Waals surface area contributed by atoms with E-state index in [0.717, 1.165) is 40.6 Å². The molecule has 1 aromatic carbocycles. The first-order valence-corrected chi connectivity index (χ1v) is 10.8. The lowest BCUT2D eigenvalue weighted by molar-refractivity contribution is -0.137. The summed E-state index contributed by atoms with van der Waals surface area (Å²) in [7, 11) is 0. The summed E-state index contributed by atoms with van der Waals surface area (Å²) in [4.78, 5) is 42.5. The maximum atomic E-state index is 13.0. The van der Waals surface area contributed by atoms with E-state index < -0.39 is 11.6 Å². The van der Waals surface area contributed by atoms with Crippen LogP contribution in [0.1, 0.15) is 50.7 Å². The number of urea groups is 1. The van der Waals surface area contributed by atoms with E-state index >= 15 is 0 Å². The molecule has 0 bridgehead atoms. The van der Waals surface area contributed by atoms with E-state index in [9.17, 15) is 14.4 Å². The van der Waals surface area contributed by atoms with Gasteiger partial charge in [-0.3, -0.25) is 14.5 Å². The van der Waals surface area contributed by atoms with Gasteiger partial charge in [0.25, 0.3) is 5.91 Å². The molecule has 1 saturated heterocycles. The molecule has 2 aromatic rings. The molecule has 1 spiro atoms. The number of fused-ring (bicyclic) bond motifs is 1. The number of imide groups is 1. The first kappa shape index (κ1) is 20.4. The predicted molar refractivity (Wildman–Crippen MR) is 115 cm³/mol. The SMILES string of the molecule is Cc1cccc2c(C[C@H](C)NC(=O)CN3C(=O)N[C@]4(CCCC[C@@H]4C)C3=O)c[nH]c12. The second-order valence-electron chi connectivity index (χ2n) is 8.92. The summed E-state index contributed by atoms with van der Waals surface area (Å²) in [5.74, 6) is -0.489. The Labute approximate surface area is 176 Å². The van der Waals surface area contributed by atoms with E-state index in [-0.39, 0.29) is 30.3 Å². The molecule has 2 heterocycles. The van der Waals surface area contributed by atoms with Crippen molar-refractivity contribution in [3.63, 3.8) is 0 Å². The monoisotopic (exact) mass is 410 g/mol. The molecule has 3 N–H and O–H groups in total. The normalized spacial score (nSPS) is 25.0. The number of amides is 4. The van der Waals surface area contributed by atoms with Gasteiger partial charge in [-0.05, 0) is 50.2 Å². The Morgan fingerprint density at radius 2 is 2.13 bits per heavy atom. The van der Waals surface area contributed by atoms with Crippen LogP contribution >= 0.6 is 0 Å². The summed E-state index contributed by atoms with van der Waals surface area (Å²) in [5, 5.41) is 6.99. The summed E-state index contributed by atoms with van der Waals surface area (Å²) in [5.41, 5.74) is 2.59. The molecule has 2 aliphatic rings. The zero-order chi connectivity index (χ0) is 21.5. The number of rotatable bonds is 5.